The standard InChI is InChI=1S/C13H22O3S/c1-17(15,16)13-7-3-5-11(9-13)10-4-2-6-12(14)8-10/h10-11,13H,2-9H2,1H3. The average Bonchev–Trinajstić information content (AvgIpc) is 2.28. The molecule has 0 saturated heterocycles. The summed E-state index contributed by atoms with van der Waals surface area (Å²) in [6.45, 7) is 0. The summed E-state index contributed by atoms with van der Waals surface area (Å²) >= 11 is 0. The highest BCUT2D eigenvalue weighted by Gasteiger charge is 2.34. The summed E-state index contributed by atoms with van der Waals surface area (Å²) in [5.74, 6) is 1.30. The number of ketones is 1. The van der Waals surface area contributed by atoms with Crippen LogP contribution < -0.4 is 0 Å². The molecule has 98 valence electrons. The number of carbonyl (C=O) groups is 1. The summed E-state index contributed by atoms with van der Waals surface area (Å²) in [5.41, 5.74) is 0. The van der Waals surface area contributed by atoms with Gasteiger partial charge >= 0.3 is 0 Å². The van der Waals surface area contributed by atoms with Crippen LogP contribution in [0, 0.1) is 11.8 Å². The maximum atomic E-state index is 11.6. The molecule has 3 unspecified atom stereocenters. The summed E-state index contributed by atoms with van der Waals surface area (Å²) in [6, 6.07) is 0. The fraction of sp³-hybridized carbons (Fsp3) is 0.923. The summed E-state index contributed by atoms with van der Waals surface area (Å²) < 4.78 is 23.2. The molecule has 0 N–H and O–H groups in total. The zero-order chi connectivity index (χ0) is 12.5. The number of Topliss-reactive ketones (excluding diaryl/α,β-unsaturated/α-hetero) is 1. The van der Waals surface area contributed by atoms with Crippen LogP contribution >= 0.6 is 0 Å². The van der Waals surface area contributed by atoms with Gasteiger partial charge in [-0.05, 0) is 37.5 Å². The maximum Gasteiger partial charge on any atom is 0.150 e. The van der Waals surface area contributed by atoms with E-state index in [2.05, 4.69) is 0 Å². The highest BCUT2D eigenvalue weighted by Crippen LogP contribution is 2.38. The second kappa shape index (κ2) is 5.09. The van der Waals surface area contributed by atoms with Crippen LogP contribution in [0.2, 0.25) is 0 Å². The van der Waals surface area contributed by atoms with Gasteiger partial charge in [0.25, 0.3) is 0 Å². The zero-order valence-corrected chi connectivity index (χ0v) is 11.3. The minimum atomic E-state index is -2.90. The van der Waals surface area contributed by atoms with E-state index in [1.165, 1.54) is 6.26 Å². The molecule has 2 fully saturated rings. The van der Waals surface area contributed by atoms with Crippen LogP contribution in [-0.4, -0.2) is 25.7 Å². The Bertz CT molecular complexity index is 385. The molecule has 0 aromatic rings. The highest BCUT2D eigenvalue weighted by molar-refractivity contribution is 7.91. The van der Waals surface area contributed by atoms with E-state index in [-0.39, 0.29) is 5.25 Å². The smallest absolute Gasteiger partial charge is 0.150 e. The third-order valence-electron chi connectivity index (χ3n) is 4.46. The Hall–Kier alpha value is -0.380. The lowest BCUT2D eigenvalue weighted by atomic mass is 9.73. The molecule has 0 radical (unpaired) electrons. The third-order valence-corrected chi connectivity index (χ3v) is 6.10. The Kier molecular flexibility index (Phi) is 3.91. The lowest BCUT2D eigenvalue weighted by Gasteiger charge is -2.35. The summed E-state index contributed by atoms with van der Waals surface area (Å²) in [5, 5.41) is -0.154. The molecule has 0 amide bonds. The fourth-order valence-electron chi connectivity index (χ4n) is 3.46. The molecule has 2 saturated carbocycles. The topological polar surface area (TPSA) is 51.2 Å². The molecule has 0 aromatic heterocycles. The number of hydrogen-bond acceptors (Lipinski definition) is 3. The molecule has 3 nitrogen and oxygen atoms in total. The lowest BCUT2D eigenvalue weighted by molar-refractivity contribution is -0.122. The quantitative estimate of drug-likeness (QED) is 0.764. The monoisotopic (exact) mass is 258 g/mol. The van der Waals surface area contributed by atoms with E-state index in [1.54, 1.807) is 0 Å². The van der Waals surface area contributed by atoms with Gasteiger partial charge in [0.15, 0.2) is 0 Å². The summed E-state index contributed by atoms with van der Waals surface area (Å²) in [6.07, 6.45) is 8.63. The van der Waals surface area contributed by atoms with Crippen molar-refractivity contribution in [1.82, 2.24) is 0 Å². The summed E-state index contributed by atoms with van der Waals surface area (Å²) in [4.78, 5) is 11.5. The van der Waals surface area contributed by atoms with Crippen LogP contribution in [0.5, 0.6) is 0 Å². The van der Waals surface area contributed by atoms with E-state index in [1.807, 2.05) is 0 Å². The van der Waals surface area contributed by atoms with Crippen LogP contribution in [0.1, 0.15) is 51.4 Å². The second-order valence-corrected chi connectivity index (χ2v) is 8.10. The molecule has 0 heterocycles. The van der Waals surface area contributed by atoms with Crippen LogP contribution in [0.4, 0.5) is 0 Å². The first kappa shape index (κ1) is 13.1. The van der Waals surface area contributed by atoms with Crippen LogP contribution in [0.3, 0.4) is 0 Å². The summed E-state index contributed by atoms with van der Waals surface area (Å²) in [7, 11) is -2.90. The Morgan fingerprint density at radius 2 is 1.76 bits per heavy atom. The molecule has 2 aliphatic carbocycles. The first-order chi connectivity index (χ1) is 7.97. The Balaban J connectivity index is 1.99. The predicted octanol–water partition coefficient (Wildman–Crippen LogP) is 2.35. The molecular weight excluding hydrogens is 236 g/mol. The molecule has 2 aliphatic rings. The van der Waals surface area contributed by atoms with Gasteiger partial charge in [0.1, 0.15) is 15.6 Å². The first-order valence-corrected chi connectivity index (χ1v) is 8.63. The van der Waals surface area contributed by atoms with Crippen molar-refractivity contribution >= 4 is 15.6 Å². The van der Waals surface area contributed by atoms with E-state index in [0.717, 1.165) is 44.9 Å². The average molecular weight is 258 g/mol. The number of sulfone groups is 1. The largest absolute Gasteiger partial charge is 0.300 e. The van der Waals surface area contributed by atoms with Crippen molar-refractivity contribution in [3.63, 3.8) is 0 Å². The van der Waals surface area contributed by atoms with Gasteiger partial charge < -0.3 is 0 Å². The molecule has 4 heteroatoms. The van der Waals surface area contributed by atoms with Crippen molar-refractivity contribution in [2.45, 2.75) is 56.6 Å². The molecule has 2 rings (SSSR count). The molecule has 0 bridgehead atoms. The van der Waals surface area contributed by atoms with Gasteiger partial charge in [-0.3, -0.25) is 4.79 Å². The number of hydrogen-bond donors (Lipinski definition) is 0. The van der Waals surface area contributed by atoms with E-state index < -0.39 is 9.84 Å². The van der Waals surface area contributed by atoms with Crippen LogP contribution in [0.15, 0.2) is 0 Å². The first-order valence-electron chi connectivity index (χ1n) is 6.67. The van der Waals surface area contributed by atoms with Gasteiger partial charge in [-0.25, -0.2) is 8.42 Å². The Labute approximate surface area is 104 Å². The van der Waals surface area contributed by atoms with Crippen LogP contribution in [0.25, 0.3) is 0 Å². The molecule has 17 heavy (non-hydrogen) atoms. The van der Waals surface area contributed by atoms with Crippen LogP contribution in [-0.2, 0) is 14.6 Å². The normalized spacial score (nSPS) is 35.8. The van der Waals surface area contributed by atoms with Gasteiger partial charge in [0, 0.05) is 19.1 Å². The number of carbonyl (C=O) groups excluding carboxylic acids is 1. The molecule has 3 atom stereocenters. The molecular formula is C13H22O3S. The molecule has 0 aromatic carbocycles. The van der Waals surface area contributed by atoms with Crippen molar-refractivity contribution < 1.29 is 13.2 Å². The van der Waals surface area contributed by atoms with Gasteiger partial charge in [-0.2, -0.15) is 0 Å². The number of rotatable bonds is 2. The predicted molar refractivity (Wildman–Crippen MR) is 67.6 cm³/mol. The minimum absolute atomic E-state index is 0.154. The maximum absolute atomic E-state index is 11.6. The van der Waals surface area contributed by atoms with Gasteiger partial charge in [0.05, 0.1) is 5.25 Å². The van der Waals surface area contributed by atoms with E-state index in [0.29, 0.717) is 24.0 Å². The van der Waals surface area contributed by atoms with Crippen molar-refractivity contribution in [2.24, 2.45) is 11.8 Å². The lowest BCUT2D eigenvalue weighted by Crippen LogP contribution is -2.32. The molecule has 0 aliphatic heterocycles. The van der Waals surface area contributed by atoms with Crippen molar-refractivity contribution in [2.75, 3.05) is 6.26 Å². The van der Waals surface area contributed by atoms with Crippen molar-refractivity contribution in [1.29, 1.82) is 0 Å². The van der Waals surface area contributed by atoms with Crippen molar-refractivity contribution in [3.8, 4) is 0 Å². The van der Waals surface area contributed by atoms with E-state index in [9.17, 15) is 13.2 Å². The van der Waals surface area contributed by atoms with Gasteiger partial charge in [-0.1, -0.05) is 12.8 Å². The third kappa shape index (κ3) is 3.30. The SMILES string of the molecule is CS(=O)(=O)C1CCCC(C2CCCC(=O)C2)C1. The van der Waals surface area contributed by atoms with E-state index >= 15 is 0 Å². The Morgan fingerprint density at radius 1 is 1.06 bits per heavy atom. The zero-order valence-electron chi connectivity index (χ0n) is 10.5. The van der Waals surface area contributed by atoms with E-state index in [4.69, 9.17) is 0 Å². The van der Waals surface area contributed by atoms with Crippen molar-refractivity contribution in [3.05, 3.63) is 0 Å². The second-order valence-electron chi connectivity index (χ2n) is 5.77. The Morgan fingerprint density at radius 3 is 2.41 bits per heavy atom. The minimum Gasteiger partial charge on any atom is -0.300 e. The molecule has 0 spiro atoms. The fourth-order valence-corrected chi connectivity index (χ4v) is 4.65. The van der Waals surface area contributed by atoms with Gasteiger partial charge in [0.2, 0.25) is 0 Å². The highest BCUT2D eigenvalue weighted by atomic mass is 32.2. The van der Waals surface area contributed by atoms with Gasteiger partial charge in [-0.15, -0.1) is 0 Å².